The summed E-state index contributed by atoms with van der Waals surface area (Å²) in [5.74, 6) is -1.52. The number of hydrogen-bond acceptors (Lipinski definition) is 5. The van der Waals surface area contributed by atoms with E-state index < -0.39 is 23.9 Å². The van der Waals surface area contributed by atoms with Crippen LogP contribution in [0.2, 0.25) is 0 Å². The van der Waals surface area contributed by atoms with Crippen LogP contribution in [0.3, 0.4) is 0 Å². The number of carbonyl (C=O) groups excluding carboxylic acids is 4. The fraction of sp³-hybridized carbons (Fsp3) is 0.500. The summed E-state index contributed by atoms with van der Waals surface area (Å²) in [6.07, 6.45) is 3.45. The molecule has 2 atom stereocenters. The highest BCUT2D eigenvalue weighted by molar-refractivity contribution is 5.93. The second-order valence-electron chi connectivity index (χ2n) is 9.06. The number of benzene rings is 1. The summed E-state index contributed by atoms with van der Waals surface area (Å²) < 4.78 is 0. The van der Waals surface area contributed by atoms with Crippen LogP contribution in [0.15, 0.2) is 30.5 Å². The molecule has 4 amide bonds. The molecular formula is C24H32N6O4. The first kappa shape index (κ1) is 23.7. The third kappa shape index (κ3) is 5.06. The molecule has 0 aliphatic carbocycles. The zero-order valence-electron chi connectivity index (χ0n) is 19.4. The van der Waals surface area contributed by atoms with E-state index in [0.717, 1.165) is 29.6 Å². The first-order valence-electron chi connectivity index (χ1n) is 11.8. The van der Waals surface area contributed by atoms with E-state index in [1.807, 2.05) is 24.3 Å². The Balaban J connectivity index is 1.52. The largest absolute Gasteiger partial charge is 0.368 e. The minimum atomic E-state index is -0.949. The van der Waals surface area contributed by atoms with Gasteiger partial charge in [0.25, 0.3) is 0 Å². The Labute approximate surface area is 198 Å². The van der Waals surface area contributed by atoms with E-state index in [4.69, 9.17) is 5.73 Å². The minimum absolute atomic E-state index is 0.0721. The number of fused-ring (bicyclic) bond motifs is 1. The molecular weight excluding hydrogens is 436 g/mol. The zero-order valence-corrected chi connectivity index (χ0v) is 19.4. The standard InChI is InChI=1S/C24H32N6O4/c1-15(31)29-10-11-30(24(34)16-6-8-26-9-7-16)21(14-29)23(33)28-20(22(25)32)12-17-13-27-19-5-3-2-4-18(17)19/h2-5,13,16,20-21,26-27H,6-12,14H2,1H3,(H2,25,32)(H,28,33)/t20-,21+/m1/s1. The molecule has 1 aromatic carbocycles. The van der Waals surface area contributed by atoms with Gasteiger partial charge in [-0.25, -0.2) is 0 Å². The number of piperidine rings is 1. The number of aromatic nitrogens is 1. The van der Waals surface area contributed by atoms with E-state index in [1.165, 1.54) is 6.92 Å². The van der Waals surface area contributed by atoms with Crippen LogP contribution < -0.4 is 16.4 Å². The maximum Gasteiger partial charge on any atom is 0.245 e. The van der Waals surface area contributed by atoms with Crippen molar-refractivity contribution in [3.63, 3.8) is 0 Å². The van der Waals surface area contributed by atoms with Crippen LogP contribution >= 0.6 is 0 Å². The van der Waals surface area contributed by atoms with E-state index in [9.17, 15) is 19.2 Å². The van der Waals surface area contributed by atoms with Crippen molar-refractivity contribution in [3.8, 4) is 0 Å². The molecule has 2 aromatic rings. The van der Waals surface area contributed by atoms with Crippen molar-refractivity contribution in [1.82, 2.24) is 25.4 Å². The van der Waals surface area contributed by atoms with Gasteiger partial charge < -0.3 is 31.2 Å². The van der Waals surface area contributed by atoms with Gasteiger partial charge in [-0.05, 0) is 37.6 Å². The Morgan fingerprint density at radius 1 is 1.15 bits per heavy atom. The molecule has 2 aliphatic rings. The summed E-state index contributed by atoms with van der Waals surface area (Å²) in [5, 5.41) is 6.96. The van der Waals surface area contributed by atoms with E-state index in [-0.39, 0.29) is 37.2 Å². The quantitative estimate of drug-likeness (QED) is 0.462. The van der Waals surface area contributed by atoms with Gasteiger partial charge in [-0.1, -0.05) is 18.2 Å². The number of carbonyl (C=O) groups is 4. The van der Waals surface area contributed by atoms with Crippen molar-refractivity contribution >= 4 is 34.5 Å². The number of nitrogens with zero attached hydrogens (tertiary/aromatic N) is 2. The summed E-state index contributed by atoms with van der Waals surface area (Å²) in [4.78, 5) is 57.3. The molecule has 0 bridgehead atoms. The van der Waals surface area contributed by atoms with E-state index in [0.29, 0.717) is 19.4 Å². The number of rotatable bonds is 6. The summed E-state index contributed by atoms with van der Waals surface area (Å²) in [6, 6.07) is 5.86. The van der Waals surface area contributed by atoms with E-state index >= 15 is 0 Å². The highest BCUT2D eigenvalue weighted by Crippen LogP contribution is 2.21. The summed E-state index contributed by atoms with van der Waals surface area (Å²) in [6.45, 7) is 3.72. The van der Waals surface area contributed by atoms with Crippen molar-refractivity contribution in [2.75, 3.05) is 32.7 Å². The third-order valence-electron chi connectivity index (χ3n) is 6.86. The first-order chi connectivity index (χ1) is 16.3. The highest BCUT2D eigenvalue weighted by Gasteiger charge is 2.39. The summed E-state index contributed by atoms with van der Waals surface area (Å²) in [7, 11) is 0. The maximum absolute atomic E-state index is 13.4. The minimum Gasteiger partial charge on any atom is -0.368 e. The number of nitrogens with one attached hydrogen (secondary N) is 3. The SMILES string of the molecule is CC(=O)N1CCN(C(=O)C2CCNCC2)[C@H](C(=O)N[C@H](Cc2c[nH]c3ccccc23)C(N)=O)C1. The fourth-order valence-electron chi connectivity index (χ4n) is 4.87. The van der Waals surface area contributed by atoms with Crippen LogP contribution in [0.1, 0.15) is 25.3 Å². The Bertz CT molecular complexity index is 1080. The molecule has 10 nitrogen and oxygen atoms in total. The maximum atomic E-state index is 13.4. The predicted molar refractivity (Wildman–Crippen MR) is 126 cm³/mol. The molecule has 3 heterocycles. The molecule has 2 saturated heterocycles. The number of primary amides is 1. The van der Waals surface area contributed by atoms with Gasteiger partial charge >= 0.3 is 0 Å². The Morgan fingerprint density at radius 3 is 2.59 bits per heavy atom. The smallest absolute Gasteiger partial charge is 0.245 e. The normalized spacial score (nSPS) is 20.2. The summed E-state index contributed by atoms with van der Waals surface area (Å²) >= 11 is 0. The monoisotopic (exact) mass is 468 g/mol. The number of nitrogens with two attached hydrogens (primary N) is 1. The predicted octanol–water partition coefficient (Wildman–Crippen LogP) is -0.261. The molecule has 0 unspecified atom stereocenters. The number of H-pyrrole nitrogens is 1. The number of amides is 4. The van der Waals surface area contributed by atoms with Gasteiger partial charge in [0.05, 0.1) is 6.54 Å². The molecule has 2 fully saturated rings. The lowest BCUT2D eigenvalue weighted by molar-refractivity contribution is -0.151. The fourth-order valence-corrected chi connectivity index (χ4v) is 4.87. The second kappa shape index (κ2) is 10.3. The third-order valence-corrected chi connectivity index (χ3v) is 6.86. The van der Waals surface area contributed by atoms with Gasteiger partial charge in [0, 0.05) is 49.5 Å². The lowest BCUT2D eigenvalue weighted by Gasteiger charge is -2.42. The Hall–Kier alpha value is -3.40. The van der Waals surface area contributed by atoms with Crippen LogP contribution in [0.4, 0.5) is 0 Å². The number of para-hydroxylation sites is 1. The van der Waals surface area contributed by atoms with Gasteiger partial charge in [0.2, 0.25) is 23.6 Å². The van der Waals surface area contributed by atoms with Crippen molar-refractivity contribution < 1.29 is 19.2 Å². The van der Waals surface area contributed by atoms with Gasteiger partial charge in [0.15, 0.2) is 0 Å². The Morgan fingerprint density at radius 2 is 1.88 bits per heavy atom. The van der Waals surface area contributed by atoms with Crippen LogP contribution in [0.5, 0.6) is 0 Å². The van der Waals surface area contributed by atoms with Gasteiger partial charge in [-0.2, -0.15) is 0 Å². The highest BCUT2D eigenvalue weighted by atomic mass is 16.2. The van der Waals surface area contributed by atoms with Crippen LogP contribution in [-0.4, -0.2) is 83.2 Å². The number of hydrogen-bond donors (Lipinski definition) is 4. The second-order valence-corrected chi connectivity index (χ2v) is 9.06. The van der Waals surface area contributed by atoms with Gasteiger partial charge in [-0.3, -0.25) is 19.2 Å². The van der Waals surface area contributed by atoms with E-state index in [2.05, 4.69) is 15.6 Å². The molecule has 4 rings (SSSR count). The van der Waals surface area contributed by atoms with Crippen molar-refractivity contribution in [1.29, 1.82) is 0 Å². The number of aromatic amines is 1. The van der Waals surface area contributed by atoms with Crippen molar-refractivity contribution in [2.24, 2.45) is 11.7 Å². The molecule has 5 N–H and O–H groups in total. The average Bonchev–Trinajstić information content (AvgIpc) is 3.26. The molecule has 0 saturated carbocycles. The molecule has 34 heavy (non-hydrogen) atoms. The van der Waals surface area contributed by atoms with Gasteiger partial charge in [0.1, 0.15) is 12.1 Å². The Kier molecular flexibility index (Phi) is 7.16. The van der Waals surface area contributed by atoms with Crippen LogP contribution in [0.25, 0.3) is 10.9 Å². The van der Waals surface area contributed by atoms with Crippen LogP contribution in [0, 0.1) is 5.92 Å². The molecule has 2 aliphatic heterocycles. The molecule has 10 heteroatoms. The summed E-state index contributed by atoms with van der Waals surface area (Å²) in [5.41, 5.74) is 7.43. The van der Waals surface area contributed by atoms with E-state index in [1.54, 1.807) is 16.0 Å². The topological polar surface area (TPSA) is 141 Å². The lowest BCUT2D eigenvalue weighted by Crippen LogP contribution is -2.64. The molecule has 0 radical (unpaired) electrons. The molecule has 0 spiro atoms. The van der Waals surface area contributed by atoms with Crippen LogP contribution in [-0.2, 0) is 25.6 Å². The van der Waals surface area contributed by atoms with Gasteiger partial charge in [-0.15, -0.1) is 0 Å². The average molecular weight is 469 g/mol. The van der Waals surface area contributed by atoms with Crippen molar-refractivity contribution in [2.45, 2.75) is 38.3 Å². The zero-order chi connectivity index (χ0) is 24.2. The van der Waals surface area contributed by atoms with Crippen molar-refractivity contribution in [3.05, 3.63) is 36.0 Å². The number of piperazine rings is 1. The first-order valence-corrected chi connectivity index (χ1v) is 11.8. The lowest BCUT2D eigenvalue weighted by atomic mass is 9.95. The molecule has 1 aromatic heterocycles. The molecule has 182 valence electrons.